The van der Waals surface area contributed by atoms with Crippen molar-refractivity contribution in [1.82, 2.24) is 0 Å². The first kappa shape index (κ1) is 22.0. The Morgan fingerprint density at radius 3 is 2.39 bits per heavy atom. The minimum Gasteiger partial charge on any atom is -0.497 e. The topological polar surface area (TPSA) is 84.2 Å². The molecule has 0 spiro atoms. The third-order valence-corrected chi connectivity index (χ3v) is 4.19. The largest absolute Gasteiger partial charge is 0.497 e. The minimum atomic E-state index is -5.02. The molecule has 0 bridgehead atoms. The maximum Gasteiger partial charge on any atom is 0.453 e. The van der Waals surface area contributed by atoms with Crippen molar-refractivity contribution in [2.45, 2.75) is 19.2 Å². The van der Waals surface area contributed by atoms with E-state index < -0.39 is 35.2 Å². The summed E-state index contributed by atoms with van der Waals surface area (Å²) < 4.78 is 66.0. The molecule has 3 rings (SSSR count). The van der Waals surface area contributed by atoms with Crippen molar-refractivity contribution >= 4 is 16.9 Å². The molecule has 7 nitrogen and oxygen atoms in total. The molecule has 1 atom stereocenters. The van der Waals surface area contributed by atoms with Crippen molar-refractivity contribution in [3.63, 3.8) is 0 Å². The first-order chi connectivity index (χ1) is 14.6. The van der Waals surface area contributed by atoms with Gasteiger partial charge in [0, 0.05) is 12.1 Å². The van der Waals surface area contributed by atoms with Gasteiger partial charge in [-0.25, -0.2) is 4.79 Å². The van der Waals surface area contributed by atoms with Gasteiger partial charge in [0.1, 0.15) is 22.8 Å². The van der Waals surface area contributed by atoms with Crippen LogP contribution in [0.4, 0.5) is 13.2 Å². The van der Waals surface area contributed by atoms with Crippen LogP contribution in [0.2, 0.25) is 0 Å². The van der Waals surface area contributed by atoms with Crippen LogP contribution in [0.5, 0.6) is 23.0 Å². The standard InChI is InChI=1S/C21H17F3O7/c1-11(20(26)28-3)29-14-7-8-15-16(10-14)31-19(21(22,23)24)18(17(15)25)30-13-6-4-5-12(9-13)27-2/h4-11H,1-3H3. The van der Waals surface area contributed by atoms with Crippen molar-refractivity contribution < 1.29 is 41.3 Å². The highest BCUT2D eigenvalue weighted by Gasteiger charge is 2.40. The number of alkyl halides is 3. The first-order valence-electron chi connectivity index (χ1n) is 8.88. The van der Waals surface area contributed by atoms with E-state index in [2.05, 4.69) is 4.74 Å². The van der Waals surface area contributed by atoms with Crippen molar-refractivity contribution in [2.75, 3.05) is 14.2 Å². The highest BCUT2D eigenvalue weighted by molar-refractivity contribution is 5.80. The van der Waals surface area contributed by atoms with E-state index in [0.29, 0.717) is 5.75 Å². The van der Waals surface area contributed by atoms with Gasteiger partial charge < -0.3 is 23.4 Å². The van der Waals surface area contributed by atoms with Gasteiger partial charge in [0.25, 0.3) is 5.76 Å². The molecule has 164 valence electrons. The number of methoxy groups -OCH3 is 2. The molecule has 0 aliphatic rings. The lowest BCUT2D eigenvalue weighted by Crippen LogP contribution is -2.24. The van der Waals surface area contributed by atoms with Gasteiger partial charge in [-0.05, 0) is 31.2 Å². The maximum absolute atomic E-state index is 13.6. The van der Waals surface area contributed by atoms with Gasteiger partial charge in [0.15, 0.2) is 6.10 Å². The minimum absolute atomic E-state index is 0.0168. The Morgan fingerprint density at radius 2 is 1.74 bits per heavy atom. The number of carbonyl (C=O) groups excluding carboxylic acids is 1. The fourth-order valence-electron chi connectivity index (χ4n) is 2.71. The zero-order valence-corrected chi connectivity index (χ0v) is 16.6. The van der Waals surface area contributed by atoms with Crippen molar-refractivity contribution in [1.29, 1.82) is 0 Å². The molecule has 0 aliphatic carbocycles. The van der Waals surface area contributed by atoms with Crippen LogP contribution < -0.4 is 19.6 Å². The molecule has 3 aromatic rings. The smallest absolute Gasteiger partial charge is 0.453 e. The van der Waals surface area contributed by atoms with E-state index in [9.17, 15) is 22.8 Å². The third-order valence-electron chi connectivity index (χ3n) is 4.19. The van der Waals surface area contributed by atoms with Gasteiger partial charge in [0.05, 0.1) is 19.6 Å². The number of carbonyl (C=O) groups is 1. The van der Waals surface area contributed by atoms with E-state index in [4.69, 9.17) is 18.6 Å². The zero-order chi connectivity index (χ0) is 22.8. The molecule has 1 unspecified atom stereocenters. The molecule has 0 radical (unpaired) electrons. The SMILES string of the molecule is COC(=O)C(C)Oc1ccc2c(=O)c(Oc3cccc(OC)c3)c(C(F)(F)F)oc2c1. The second-order valence-corrected chi connectivity index (χ2v) is 6.31. The molecule has 0 aliphatic heterocycles. The fourth-order valence-corrected chi connectivity index (χ4v) is 2.71. The molecule has 1 heterocycles. The highest BCUT2D eigenvalue weighted by atomic mass is 19.4. The summed E-state index contributed by atoms with van der Waals surface area (Å²) in [6.07, 6.45) is -6.04. The number of esters is 1. The van der Waals surface area contributed by atoms with Crippen molar-refractivity contribution in [3.8, 4) is 23.0 Å². The van der Waals surface area contributed by atoms with E-state index >= 15 is 0 Å². The van der Waals surface area contributed by atoms with Gasteiger partial charge in [-0.3, -0.25) is 4.79 Å². The summed E-state index contributed by atoms with van der Waals surface area (Å²) in [5.74, 6) is -2.99. The number of fused-ring (bicyclic) bond motifs is 1. The van der Waals surface area contributed by atoms with Gasteiger partial charge >= 0.3 is 12.1 Å². The molecular formula is C21H17F3O7. The summed E-state index contributed by atoms with van der Waals surface area (Å²) in [7, 11) is 2.55. The van der Waals surface area contributed by atoms with Crippen molar-refractivity contribution in [2.24, 2.45) is 0 Å². The molecule has 0 N–H and O–H groups in total. The average Bonchev–Trinajstić information content (AvgIpc) is 2.74. The van der Waals surface area contributed by atoms with E-state index in [-0.39, 0.29) is 22.5 Å². The van der Waals surface area contributed by atoms with E-state index in [0.717, 1.165) is 6.07 Å². The van der Waals surface area contributed by atoms with E-state index in [1.54, 1.807) is 6.07 Å². The number of benzene rings is 2. The Bertz CT molecular complexity index is 1170. The Hall–Kier alpha value is -3.69. The maximum atomic E-state index is 13.6. The molecule has 31 heavy (non-hydrogen) atoms. The zero-order valence-electron chi connectivity index (χ0n) is 16.6. The monoisotopic (exact) mass is 438 g/mol. The lowest BCUT2D eigenvalue weighted by Gasteiger charge is -2.15. The summed E-state index contributed by atoms with van der Waals surface area (Å²) >= 11 is 0. The summed E-state index contributed by atoms with van der Waals surface area (Å²) in [5, 5.41) is -0.163. The summed E-state index contributed by atoms with van der Waals surface area (Å²) in [6, 6.07) is 9.39. The predicted octanol–water partition coefficient (Wildman–Crippen LogP) is 4.55. The molecule has 10 heteroatoms. The van der Waals surface area contributed by atoms with Crippen LogP contribution in [0.15, 0.2) is 51.7 Å². The van der Waals surface area contributed by atoms with Crippen LogP contribution >= 0.6 is 0 Å². The van der Waals surface area contributed by atoms with Gasteiger partial charge in [-0.15, -0.1) is 0 Å². The summed E-state index contributed by atoms with van der Waals surface area (Å²) in [4.78, 5) is 24.3. The van der Waals surface area contributed by atoms with E-state index in [1.165, 1.54) is 51.5 Å². The molecule has 0 amide bonds. The van der Waals surface area contributed by atoms with Crippen LogP contribution in [0.1, 0.15) is 12.7 Å². The number of hydrogen-bond acceptors (Lipinski definition) is 7. The van der Waals surface area contributed by atoms with Gasteiger partial charge in [-0.2, -0.15) is 13.2 Å². The second kappa shape index (κ2) is 8.58. The van der Waals surface area contributed by atoms with Crippen LogP contribution in [0, 0.1) is 0 Å². The van der Waals surface area contributed by atoms with Gasteiger partial charge in [0.2, 0.25) is 11.2 Å². The molecule has 0 fully saturated rings. The number of halogens is 3. The number of ether oxygens (including phenoxy) is 4. The summed E-state index contributed by atoms with van der Waals surface area (Å²) in [6.45, 7) is 1.40. The number of hydrogen-bond donors (Lipinski definition) is 0. The quantitative estimate of drug-likeness (QED) is 0.522. The molecule has 0 saturated heterocycles. The molecule has 0 saturated carbocycles. The van der Waals surface area contributed by atoms with Crippen LogP contribution in [-0.4, -0.2) is 26.3 Å². The Kier molecular flexibility index (Phi) is 6.09. The molecule has 2 aromatic carbocycles. The van der Waals surface area contributed by atoms with Crippen molar-refractivity contribution in [3.05, 3.63) is 58.4 Å². The van der Waals surface area contributed by atoms with Crippen LogP contribution in [-0.2, 0) is 15.7 Å². The molecular weight excluding hydrogens is 421 g/mol. The first-order valence-corrected chi connectivity index (χ1v) is 8.88. The van der Waals surface area contributed by atoms with Crippen LogP contribution in [0.25, 0.3) is 11.0 Å². The van der Waals surface area contributed by atoms with E-state index in [1.807, 2.05) is 0 Å². The Labute approximate surface area is 173 Å². The predicted molar refractivity (Wildman–Crippen MR) is 103 cm³/mol. The normalized spacial score (nSPS) is 12.3. The second-order valence-electron chi connectivity index (χ2n) is 6.31. The third kappa shape index (κ3) is 4.73. The lowest BCUT2D eigenvalue weighted by molar-refractivity contribution is -0.154. The van der Waals surface area contributed by atoms with Gasteiger partial charge in [-0.1, -0.05) is 6.07 Å². The molecule has 1 aromatic heterocycles. The highest BCUT2D eigenvalue weighted by Crippen LogP contribution is 2.39. The van der Waals surface area contributed by atoms with Crippen LogP contribution in [0.3, 0.4) is 0 Å². The average molecular weight is 438 g/mol. The Balaban J connectivity index is 2.10. The lowest BCUT2D eigenvalue weighted by atomic mass is 10.2. The summed E-state index contributed by atoms with van der Waals surface area (Å²) in [5.41, 5.74) is -1.41. The number of rotatable bonds is 6. The fraction of sp³-hybridized carbons (Fsp3) is 0.238. The Morgan fingerprint density at radius 1 is 1.03 bits per heavy atom.